The molecule has 1 fully saturated rings. The van der Waals surface area contributed by atoms with Crippen LogP contribution in [0.25, 0.3) is 0 Å². The van der Waals surface area contributed by atoms with Gasteiger partial charge in [-0.05, 0) is 26.3 Å². The van der Waals surface area contributed by atoms with E-state index in [1.165, 1.54) is 30.7 Å². The quantitative estimate of drug-likeness (QED) is 0.814. The minimum Gasteiger partial charge on any atom is -0.375 e. The molecule has 0 radical (unpaired) electrons. The van der Waals surface area contributed by atoms with Crippen LogP contribution in [0.15, 0.2) is 6.20 Å². The van der Waals surface area contributed by atoms with Gasteiger partial charge in [-0.15, -0.1) is 11.3 Å². The van der Waals surface area contributed by atoms with Gasteiger partial charge >= 0.3 is 0 Å². The lowest BCUT2D eigenvalue weighted by Crippen LogP contribution is -2.36. The van der Waals surface area contributed by atoms with E-state index in [9.17, 15) is 0 Å². The Bertz CT molecular complexity index is 297. The number of nitrogens with zero attached hydrogens (tertiary/aromatic N) is 2. The second-order valence-corrected chi connectivity index (χ2v) is 5.13. The van der Waals surface area contributed by atoms with E-state index in [4.69, 9.17) is 5.73 Å². The first-order chi connectivity index (χ1) is 6.75. The number of likely N-dealkylation sites (tertiary alicyclic amines) is 1. The zero-order valence-electron chi connectivity index (χ0n) is 8.57. The van der Waals surface area contributed by atoms with Gasteiger partial charge in [0.1, 0.15) is 0 Å². The number of hydrogen-bond acceptors (Lipinski definition) is 4. The molecule has 2 heterocycles. The molecule has 0 spiro atoms. The van der Waals surface area contributed by atoms with Gasteiger partial charge in [0.2, 0.25) is 0 Å². The van der Waals surface area contributed by atoms with E-state index in [1.54, 1.807) is 11.3 Å². The second-order valence-electron chi connectivity index (χ2n) is 3.98. The maximum atomic E-state index is 5.61. The zero-order valence-corrected chi connectivity index (χ0v) is 9.39. The Morgan fingerprint density at radius 3 is 3.14 bits per heavy atom. The molecule has 2 N–H and O–H groups in total. The molecule has 14 heavy (non-hydrogen) atoms. The molecular formula is C10H17N3S. The lowest BCUT2D eigenvalue weighted by atomic mass is 10.0. The third-order valence-corrected chi connectivity index (χ3v) is 3.68. The number of nitrogens with two attached hydrogens (primary N) is 1. The Morgan fingerprint density at radius 2 is 2.50 bits per heavy atom. The summed E-state index contributed by atoms with van der Waals surface area (Å²) in [5, 5.41) is 0.685. The summed E-state index contributed by atoms with van der Waals surface area (Å²) in [4.78, 5) is 7.89. The Hall–Kier alpha value is -0.610. The van der Waals surface area contributed by atoms with E-state index in [0.717, 1.165) is 6.54 Å². The standard InChI is InChI=1S/C10H17N3S/c1-8-4-2-3-5-13(8)7-9-6-12-10(11)14-9/h6,8H,2-5,7H2,1H3,(H2,11,12). The Balaban J connectivity index is 1.95. The Kier molecular flexibility index (Phi) is 3.03. The van der Waals surface area contributed by atoms with Crippen LogP contribution in [0.3, 0.4) is 0 Å². The average Bonchev–Trinajstić information content (AvgIpc) is 2.56. The highest BCUT2D eigenvalue weighted by Crippen LogP contribution is 2.22. The van der Waals surface area contributed by atoms with Crippen LogP contribution in [-0.4, -0.2) is 22.5 Å². The lowest BCUT2D eigenvalue weighted by molar-refractivity contribution is 0.154. The van der Waals surface area contributed by atoms with Gasteiger partial charge in [-0.2, -0.15) is 0 Å². The summed E-state index contributed by atoms with van der Waals surface area (Å²) in [5.41, 5.74) is 5.61. The molecular weight excluding hydrogens is 194 g/mol. The van der Waals surface area contributed by atoms with Gasteiger partial charge in [-0.1, -0.05) is 6.42 Å². The fourth-order valence-electron chi connectivity index (χ4n) is 1.99. The molecule has 1 aliphatic heterocycles. The minimum atomic E-state index is 0.685. The van der Waals surface area contributed by atoms with Crippen molar-refractivity contribution >= 4 is 16.5 Å². The van der Waals surface area contributed by atoms with Gasteiger partial charge in [0, 0.05) is 23.7 Å². The van der Waals surface area contributed by atoms with Gasteiger partial charge in [0.15, 0.2) is 5.13 Å². The van der Waals surface area contributed by atoms with Gasteiger partial charge in [0.25, 0.3) is 0 Å². The molecule has 1 saturated heterocycles. The highest BCUT2D eigenvalue weighted by atomic mass is 32.1. The van der Waals surface area contributed by atoms with Crippen LogP contribution in [0.4, 0.5) is 5.13 Å². The van der Waals surface area contributed by atoms with Crippen LogP contribution in [0, 0.1) is 0 Å². The number of anilines is 1. The topological polar surface area (TPSA) is 42.2 Å². The fraction of sp³-hybridized carbons (Fsp3) is 0.700. The summed E-state index contributed by atoms with van der Waals surface area (Å²) in [7, 11) is 0. The Labute approximate surface area is 88.9 Å². The molecule has 4 heteroatoms. The van der Waals surface area contributed by atoms with E-state index in [-0.39, 0.29) is 0 Å². The summed E-state index contributed by atoms with van der Waals surface area (Å²) >= 11 is 1.61. The third kappa shape index (κ3) is 2.25. The predicted molar refractivity (Wildman–Crippen MR) is 60.2 cm³/mol. The van der Waals surface area contributed by atoms with E-state index < -0.39 is 0 Å². The number of hydrogen-bond donors (Lipinski definition) is 1. The first-order valence-corrected chi connectivity index (χ1v) is 6.01. The van der Waals surface area contributed by atoms with Gasteiger partial charge in [-0.3, -0.25) is 4.90 Å². The van der Waals surface area contributed by atoms with Crippen LogP contribution in [0.1, 0.15) is 31.1 Å². The second kappa shape index (κ2) is 4.28. The predicted octanol–water partition coefficient (Wildman–Crippen LogP) is 2.10. The van der Waals surface area contributed by atoms with Crippen LogP contribution in [0.2, 0.25) is 0 Å². The molecule has 1 atom stereocenters. The number of aromatic nitrogens is 1. The molecule has 3 nitrogen and oxygen atoms in total. The van der Waals surface area contributed by atoms with Crippen molar-refractivity contribution in [1.29, 1.82) is 0 Å². The van der Waals surface area contributed by atoms with Crippen LogP contribution in [0.5, 0.6) is 0 Å². The third-order valence-electron chi connectivity index (χ3n) is 2.87. The maximum absolute atomic E-state index is 5.61. The zero-order chi connectivity index (χ0) is 9.97. The molecule has 1 unspecified atom stereocenters. The monoisotopic (exact) mass is 211 g/mol. The number of thiazole rings is 1. The molecule has 1 aliphatic rings. The van der Waals surface area contributed by atoms with E-state index in [1.807, 2.05) is 6.20 Å². The van der Waals surface area contributed by atoms with Gasteiger partial charge in [-0.25, -0.2) is 4.98 Å². The molecule has 1 aromatic heterocycles. The van der Waals surface area contributed by atoms with Crippen LogP contribution < -0.4 is 5.73 Å². The molecule has 0 aromatic carbocycles. The van der Waals surface area contributed by atoms with Crippen LogP contribution >= 0.6 is 11.3 Å². The number of nitrogen functional groups attached to an aromatic ring is 1. The lowest BCUT2D eigenvalue weighted by Gasteiger charge is -2.32. The Morgan fingerprint density at radius 1 is 1.64 bits per heavy atom. The van der Waals surface area contributed by atoms with Crippen molar-refractivity contribution in [2.24, 2.45) is 0 Å². The van der Waals surface area contributed by atoms with Crippen molar-refractivity contribution in [3.8, 4) is 0 Å². The van der Waals surface area contributed by atoms with Crippen molar-refractivity contribution in [2.75, 3.05) is 12.3 Å². The summed E-state index contributed by atoms with van der Waals surface area (Å²) in [6, 6.07) is 0.715. The molecule has 0 saturated carbocycles. The first kappa shape index (κ1) is 9.93. The first-order valence-electron chi connectivity index (χ1n) is 5.20. The normalized spacial score (nSPS) is 23.9. The fourth-order valence-corrected chi connectivity index (χ4v) is 2.70. The highest BCUT2D eigenvalue weighted by Gasteiger charge is 2.18. The molecule has 2 rings (SSSR count). The summed E-state index contributed by atoms with van der Waals surface area (Å²) in [6.07, 6.45) is 5.94. The van der Waals surface area contributed by atoms with Gasteiger partial charge < -0.3 is 5.73 Å². The average molecular weight is 211 g/mol. The number of piperidine rings is 1. The molecule has 0 amide bonds. The summed E-state index contributed by atoms with van der Waals surface area (Å²) < 4.78 is 0. The minimum absolute atomic E-state index is 0.685. The molecule has 78 valence electrons. The van der Waals surface area contributed by atoms with Crippen molar-refractivity contribution in [2.45, 2.75) is 38.8 Å². The maximum Gasteiger partial charge on any atom is 0.180 e. The highest BCUT2D eigenvalue weighted by molar-refractivity contribution is 7.15. The van der Waals surface area contributed by atoms with Crippen molar-refractivity contribution in [3.63, 3.8) is 0 Å². The van der Waals surface area contributed by atoms with E-state index in [0.29, 0.717) is 11.2 Å². The van der Waals surface area contributed by atoms with Crippen molar-refractivity contribution < 1.29 is 0 Å². The molecule has 0 aliphatic carbocycles. The van der Waals surface area contributed by atoms with Crippen LogP contribution in [-0.2, 0) is 6.54 Å². The SMILES string of the molecule is CC1CCCCN1Cc1cnc(N)s1. The molecule has 0 bridgehead atoms. The smallest absolute Gasteiger partial charge is 0.180 e. The van der Waals surface area contributed by atoms with Crippen molar-refractivity contribution in [1.82, 2.24) is 9.88 Å². The molecule has 1 aromatic rings. The van der Waals surface area contributed by atoms with E-state index >= 15 is 0 Å². The van der Waals surface area contributed by atoms with Gasteiger partial charge in [0.05, 0.1) is 0 Å². The largest absolute Gasteiger partial charge is 0.375 e. The summed E-state index contributed by atoms with van der Waals surface area (Å²) in [6.45, 7) is 4.55. The van der Waals surface area contributed by atoms with E-state index in [2.05, 4.69) is 16.8 Å². The number of rotatable bonds is 2. The van der Waals surface area contributed by atoms with Crippen molar-refractivity contribution in [3.05, 3.63) is 11.1 Å². The summed E-state index contributed by atoms with van der Waals surface area (Å²) in [5.74, 6) is 0.